The van der Waals surface area contributed by atoms with Crippen molar-refractivity contribution in [3.63, 3.8) is 0 Å². The number of pyridine rings is 2. The Bertz CT molecular complexity index is 1010. The van der Waals surface area contributed by atoms with E-state index in [9.17, 15) is 14.0 Å². The molecule has 2 amide bonds. The zero-order chi connectivity index (χ0) is 22.0. The highest BCUT2D eigenvalue weighted by Crippen LogP contribution is 2.33. The number of hydrogen-bond donors (Lipinski definition) is 1. The van der Waals surface area contributed by atoms with Crippen molar-refractivity contribution < 1.29 is 18.7 Å². The highest BCUT2D eigenvalue weighted by Gasteiger charge is 2.32. The Hall–Kier alpha value is -2.84. The van der Waals surface area contributed by atoms with Crippen molar-refractivity contribution in [2.75, 3.05) is 20.2 Å². The number of nitrogens with zero attached hydrogens (tertiary/aromatic N) is 3. The summed E-state index contributed by atoms with van der Waals surface area (Å²) >= 11 is 6.23. The molecule has 0 saturated carbocycles. The van der Waals surface area contributed by atoms with Crippen LogP contribution in [0.4, 0.5) is 4.39 Å². The van der Waals surface area contributed by atoms with Gasteiger partial charge in [-0.2, -0.15) is 0 Å². The molecule has 2 aromatic heterocycles. The predicted molar refractivity (Wildman–Crippen MR) is 111 cm³/mol. The van der Waals surface area contributed by atoms with E-state index in [1.165, 1.54) is 26.1 Å². The minimum Gasteiger partial charge on any atom is -0.370 e. The van der Waals surface area contributed by atoms with Crippen LogP contribution in [0.25, 0.3) is 11.3 Å². The number of aryl methyl sites for hydroxylation is 1. The molecule has 0 spiro atoms. The SMILES string of the molecule is C=CC(=O)N1CCO[C@@H](c2cc(Cl)nc(-c3cc(C(=O)NC)nc(C)c3F)c2)[C@@H]1C. The Morgan fingerprint density at radius 1 is 1.37 bits per heavy atom. The largest absolute Gasteiger partial charge is 0.370 e. The van der Waals surface area contributed by atoms with E-state index < -0.39 is 17.8 Å². The monoisotopic (exact) mass is 432 g/mol. The molecule has 2 atom stereocenters. The quantitative estimate of drug-likeness (QED) is 0.593. The summed E-state index contributed by atoms with van der Waals surface area (Å²) in [6.07, 6.45) is 0.783. The molecule has 0 bridgehead atoms. The fraction of sp³-hybridized carbons (Fsp3) is 0.333. The fourth-order valence-corrected chi connectivity index (χ4v) is 3.71. The van der Waals surface area contributed by atoms with Gasteiger partial charge in [-0.15, -0.1) is 0 Å². The van der Waals surface area contributed by atoms with E-state index in [0.717, 1.165) is 0 Å². The molecule has 0 radical (unpaired) electrons. The molecular formula is C21H22ClFN4O3. The van der Waals surface area contributed by atoms with Gasteiger partial charge in [-0.1, -0.05) is 18.2 Å². The van der Waals surface area contributed by atoms with Crippen LogP contribution in [0.5, 0.6) is 0 Å². The van der Waals surface area contributed by atoms with Gasteiger partial charge in [0, 0.05) is 19.2 Å². The van der Waals surface area contributed by atoms with Gasteiger partial charge in [-0.3, -0.25) is 9.59 Å². The van der Waals surface area contributed by atoms with Gasteiger partial charge < -0.3 is 15.0 Å². The summed E-state index contributed by atoms with van der Waals surface area (Å²) < 4.78 is 20.8. The topological polar surface area (TPSA) is 84.4 Å². The van der Waals surface area contributed by atoms with Crippen molar-refractivity contribution in [2.24, 2.45) is 0 Å². The van der Waals surface area contributed by atoms with Crippen molar-refractivity contribution in [3.8, 4) is 11.3 Å². The molecule has 1 N–H and O–H groups in total. The van der Waals surface area contributed by atoms with E-state index in [2.05, 4.69) is 21.9 Å². The van der Waals surface area contributed by atoms with Crippen LogP contribution in [0.3, 0.4) is 0 Å². The minimum atomic E-state index is -0.593. The number of aromatic nitrogens is 2. The third-order valence-corrected chi connectivity index (χ3v) is 5.21. The van der Waals surface area contributed by atoms with E-state index >= 15 is 0 Å². The van der Waals surface area contributed by atoms with Crippen LogP contribution in [0, 0.1) is 12.7 Å². The summed E-state index contributed by atoms with van der Waals surface area (Å²) in [6.45, 7) is 7.66. The highest BCUT2D eigenvalue weighted by atomic mass is 35.5. The van der Waals surface area contributed by atoms with Gasteiger partial charge in [0.25, 0.3) is 5.91 Å². The molecule has 9 heteroatoms. The van der Waals surface area contributed by atoms with E-state index in [0.29, 0.717) is 18.7 Å². The maximum absolute atomic E-state index is 14.9. The summed E-state index contributed by atoms with van der Waals surface area (Å²) in [7, 11) is 1.47. The molecule has 158 valence electrons. The molecule has 1 aliphatic heterocycles. The fourth-order valence-electron chi connectivity index (χ4n) is 3.49. The molecule has 0 unspecified atom stereocenters. The second kappa shape index (κ2) is 8.89. The van der Waals surface area contributed by atoms with Gasteiger partial charge in [-0.05, 0) is 43.7 Å². The van der Waals surface area contributed by atoms with Crippen molar-refractivity contribution in [1.29, 1.82) is 0 Å². The Labute approximate surface area is 178 Å². The maximum atomic E-state index is 14.9. The number of amides is 2. The summed E-state index contributed by atoms with van der Waals surface area (Å²) in [5.41, 5.74) is 1.13. The summed E-state index contributed by atoms with van der Waals surface area (Å²) in [5, 5.41) is 2.61. The lowest BCUT2D eigenvalue weighted by Crippen LogP contribution is -2.48. The van der Waals surface area contributed by atoms with E-state index in [1.54, 1.807) is 17.0 Å². The normalized spacial score (nSPS) is 18.8. The molecule has 1 aliphatic rings. The van der Waals surface area contributed by atoms with Crippen LogP contribution < -0.4 is 5.32 Å². The zero-order valence-electron chi connectivity index (χ0n) is 16.9. The van der Waals surface area contributed by atoms with Crippen LogP contribution >= 0.6 is 11.6 Å². The number of nitrogens with one attached hydrogen (secondary N) is 1. The minimum absolute atomic E-state index is 0.0689. The van der Waals surface area contributed by atoms with Gasteiger partial charge >= 0.3 is 0 Å². The van der Waals surface area contributed by atoms with Crippen molar-refractivity contribution in [2.45, 2.75) is 26.0 Å². The number of ether oxygens (including phenoxy) is 1. The molecule has 2 aromatic rings. The zero-order valence-corrected chi connectivity index (χ0v) is 17.7. The Morgan fingerprint density at radius 2 is 2.10 bits per heavy atom. The van der Waals surface area contributed by atoms with Crippen molar-refractivity contribution in [3.05, 3.63) is 58.8 Å². The maximum Gasteiger partial charge on any atom is 0.269 e. The van der Waals surface area contributed by atoms with E-state index in [-0.39, 0.29) is 39.7 Å². The number of carbonyl (C=O) groups is 2. The molecule has 3 heterocycles. The number of carbonyl (C=O) groups excluding carboxylic acids is 2. The van der Waals surface area contributed by atoms with Crippen LogP contribution in [-0.2, 0) is 9.53 Å². The third kappa shape index (κ3) is 4.20. The second-order valence-electron chi connectivity index (χ2n) is 6.91. The number of morpholine rings is 1. The first-order valence-electron chi connectivity index (χ1n) is 9.38. The second-order valence-corrected chi connectivity index (χ2v) is 7.30. The van der Waals surface area contributed by atoms with Crippen LogP contribution in [0.15, 0.2) is 30.9 Å². The molecule has 30 heavy (non-hydrogen) atoms. The number of halogens is 2. The molecule has 0 aliphatic carbocycles. The van der Waals surface area contributed by atoms with Crippen LogP contribution in [-0.4, -0.2) is 52.9 Å². The van der Waals surface area contributed by atoms with E-state index in [1.807, 2.05) is 6.92 Å². The Balaban J connectivity index is 2.06. The smallest absolute Gasteiger partial charge is 0.269 e. The Morgan fingerprint density at radius 3 is 2.77 bits per heavy atom. The molecule has 3 rings (SSSR count). The van der Waals surface area contributed by atoms with Gasteiger partial charge in [0.15, 0.2) is 5.82 Å². The lowest BCUT2D eigenvalue weighted by atomic mass is 9.98. The van der Waals surface area contributed by atoms with Crippen molar-refractivity contribution >= 4 is 23.4 Å². The predicted octanol–water partition coefficient (Wildman–Crippen LogP) is 3.08. The van der Waals surface area contributed by atoms with Gasteiger partial charge in [0.1, 0.15) is 17.0 Å². The van der Waals surface area contributed by atoms with Gasteiger partial charge in [-0.25, -0.2) is 14.4 Å². The first-order valence-corrected chi connectivity index (χ1v) is 9.76. The average Bonchev–Trinajstić information content (AvgIpc) is 2.74. The van der Waals surface area contributed by atoms with Crippen LogP contribution in [0.1, 0.15) is 34.8 Å². The van der Waals surface area contributed by atoms with Crippen LogP contribution in [0.2, 0.25) is 5.15 Å². The molecule has 0 aromatic carbocycles. The first-order chi connectivity index (χ1) is 14.3. The number of hydrogen-bond acceptors (Lipinski definition) is 5. The van der Waals surface area contributed by atoms with E-state index in [4.69, 9.17) is 16.3 Å². The lowest BCUT2D eigenvalue weighted by molar-refractivity contribution is -0.140. The first kappa shape index (κ1) is 21.9. The average molecular weight is 433 g/mol. The third-order valence-electron chi connectivity index (χ3n) is 5.02. The summed E-state index contributed by atoms with van der Waals surface area (Å²) in [4.78, 5) is 34.0. The number of rotatable bonds is 4. The standard InChI is InChI=1S/C21H22ClFN4O3/c1-5-18(28)27-6-7-30-20(12(27)3)13-8-15(26-17(22)9-13)14-10-16(21(29)24-4)25-11(2)19(14)23/h5,8-10,12,20H,1,6-7H2,2-4H3,(H,24,29)/t12-,20+/m0/s1. The highest BCUT2D eigenvalue weighted by molar-refractivity contribution is 6.29. The van der Waals surface area contributed by atoms with Crippen molar-refractivity contribution in [1.82, 2.24) is 20.2 Å². The van der Waals surface area contributed by atoms with Gasteiger partial charge in [0.2, 0.25) is 5.91 Å². The molecule has 1 fully saturated rings. The molecule has 1 saturated heterocycles. The lowest BCUT2D eigenvalue weighted by Gasteiger charge is -2.39. The molecular weight excluding hydrogens is 411 g/mol. The molecule has 7 nitrogen and oxygen atoms in total. The summed E-state index contributed by atoms with van der Waals surface area (Å²) in [6, 6.07) is 4.32. The van der Waals surface area contributed by atoms with Gasteiger partial charge in [0.05, 0.1) is 24.0 Å². The summed E-state index contributed by atoms with van der Waals surface area (Å²) in [5.74, 6) is -1.23. The Kier molecular flexibility index (Phi) is 6.48.